The summed E-state index contributed by atoms with van der Waals surface area (Å²) in [5.41, 5.74) is -0.851. The molecule has 0 spiro atoms. The number of benzene rings is 1. The SMILES string of the molecule is C=C1CN(c2ccc(C(F)(F)F)cc2)C(=O)c2c(NC(=O)c3ncccc3F)cnn21. The van der Waals surface area contributed by atoms with Gasteiger partial charge in [0.05, 0.1) is 29.7 Å². The summed E-state index contributed by atoms with van der Waals surface area (Å²) in [6.45, 7) is 3.80. The van der Waals surface area contributed by atoms with Crippen LogP contribution in [0.4, 0.5) is 28.9 Å². The van der Waals surface area contributed by atoms with Gasteiger partial charge in [-0.05, 0) is 36.4 Å². The van der Waals surface area contributed by atoms with E-state index in [-0.39, 0.29) is 23.6 Å². The van der Waals surface area contributed by atoms with Crippen molar-refractivity contribution in [3.63, 3.8) is 0 Å². The standard InChI is InChI=1S/C20H13F4N5O2/c1-11-10-28(13-6-4-12(5-7-13)20(22,23)24)19(31)17-15(9-26-29(11)17)27-18(30)16-14(21)3-2-8-25-16/h2-9H,1,10H2,(H,27,30). The highest BCUT2D eigenvalue weighted by molar-refractivity contribution is 6.14. The van der Waals surface area contributed by atoms with Crippen molar-refractivity contribution in [2.45, 2.75) is 6.18 Å². The lowest BCUT2D eigenvalue weighted by Crippen LogP contribution is -2.40. The number of nitrogens with one attached hydrogen (secondary N) is 1. The van der Waals surface area contributed by atoms with E-state index < -0.39 is 35.1 Å². The van der Waals surface area contributed by atoms with Gasteiger partial charge in [-0.1, -0.05) is 6.58 Å². The minimum atomic E-state index is -4.51. The van der Waals surface area contributed by atoms with Crippen molar-refractivity contribution in [1.82, 2.24) is 14.8 Å². The van der Waals surface area contributed by atoms with E-state index in [0.29, 0.717) is 5.70 Å². The van der Waals surface area contributed by atoms with E-state index in [1.54, 1.807) is 0 Å². The van der Waals surface area contributed by atoms with Crippen LogP contribution in [0.2, 0.25) is 0 Å². The molecule has 0 radical (unpaired) electrons. The van der Waals surface area contributed by atoms with Gasteiger partial charge in [0.15, 0.2) is 17.2 Å². The maximum absolute atomic E-state index is 13.8. The minimum absolute atomic E-state index is 0.0159. The molecule has 11 heteroatoms. The zero-order chi connectivity index (χ0) is 22.3. The molecule has 3 aromatic rings. The first-order valence-corrected chi connectivity index (χ1v) is 8.84. The Kier molecular flexibility index (Phi) is 4.80. The summed E-state index contributed by atoms with van der Waals surface area (Å²) in [4.78, 5) is 30.3. The van der Waals surface area contributed by atoms with Gasteiger partial charge in [-0.2, -0.15) is 18.3 Å². The Bertz CT molecular complexity index is 1200. The van der Waals surface area contributed by atoms with Crippen LogP contribution >= 0.6 is 0 Å². The van der Waals surface area contributed by atoms with Crippen molar-refractivity contribution >= 4 is 28.9 Å². The highest BCUT2D eigenvalue weighted by Gasteiger charge is 2.34. The van der Waals surface area contributed by atoms with E-state index in [4.69, 9.17) is 0 Å². The second-order valence-corrected chi connectivity index (χ2v) is 6.61. The third-order valence-electron chi connectivity index (χ3n) is 4.59. The van der Waals surface area contributed by atoms with Crippen LogP contribution in [-0.2, 0) is 6.18 Å². The van der Waals surface area contributed by atoms with Crippen LogP contribution in [0.1, 0.15) is 26.5 Å². The average Bonchev–Trinajstić information content (AvgIpc) is 3.15. The second-order valence-electron chi connectivity index (χ2n) is 6.61. The first-order chi connectivity index (χ1) is 14.7. The number of halogens is 4. The highest BCUT2D eigenvalue weighted by Crippen LogP contribution is 2.33. The number of hydrogen-bond acceptors (Lipinski definition) is 4. The normalized spacial score (nSPS) is 13.9. The molecule has 2 amide bonds. The minimum Gasteiger partial charge on any atom is -0.317 e. The van der Waals surface area contributed by atoms with Crippen molar-refractivity contribution in [2.75, 3.05) is 16.8 Å². The number of anilines is 2. The van der Waals surface area contributed by atoms with Crippen LogP contribution in [0.25, 0.3) is 5.70 Å². The van der Waals surface area contributed by atoms with E-state index in [2.05, 4.69) is 22.0 Å². The zero-order valence-electron chi connectivity index (χ0n) is 15.7. The van der Waals surface area contributed by atoms with Crippen LogP contribution in [0.3, 0.4) is 0 Å². The van der Waals surface area contributed by atoms with E-state index in [1.807, 2.05) is 0 Å². The van der Waals surface area contributed by atoms with Gasteiger partial charge in [-0.15, -0.1) is 0 Å². The number of aromatic nitrogens is 3. The lowest BCUT2D eigenvalue weighted by Gasteiger charge is -2.29. The van der Waals surface area contributed by atoms with Crippen molar-refractivity contribution < 1.29 is 27.2 Å². The molecule has 1 N–H and O–H groups in total. The quantitative estimate of drug-likeness (QED) is 0.640. The van der Waals surface area contributed by atoms with E-state index in [9.17, 15) is 27.2 Å². The number of hydrogen-bond donors (Lipinski definition) is 1. The second kappa shape index (κ2) is 7.35. The molecule has 0 unspecified atom stereocenters. The number of fused-ring (bicyclic) bond motifs is 1. The van der Waals surface area contributed by atoms with Crippen LogP contribution in [0.15, 0.2) is 55.4 Å². The first-order valence-electron chi connectivity index (χ1n) is 8.84. The molecule has 0 saturated heterocycles. The Hall–Kier alpha value is -4.02. The number of alkyl halides is 3. The Balaban J connectivity index is 1.65. The molecule has 0 saturated carbocycles. The fourth-order valence-electron chi connectivity index (χ4n) is 3.11. The molecule has 1 aliphatic rings. The molecule has 0 atom stereocenters. The molecule has 1 aliphatic heterocycles. The van der Waals surface area contributed by atoms with Gasteiger partial charge in [-0.3, -0.25) is 9.59 Å². The molecular weight excluding hydrogens is 418 g/mol. The monoisotopic (exact) mass is 431 g/mol. The third kappa shape index (κ3) is 3.65. The molecule has 0 aliphatic carbocycles. The topological polar surface area (TPSA) is 80.1 Å². The number of amides is 2. The number of pyridine rings is 1. The smallest absolute Gasteiger partial charge is 0.317 e. The van der Waals surface area contributed by atoms with Crippen LogP contribution in [-0.4, -0.2) is 33.1 Å². The Labute approximate surface area is 172 Å². The van der Waals surface area contributed by atoms with Gasteiger partial charge in [0.2, 0.25) is 0 Å². The van der Waals surface area contributed by atoms with Crippen LogP contribution in [0, 0.1) is 5.82 Å². The molecule has 31 heavy (non-hydrogen) atoms. The zero-order valence-corrected chi connectivity index (χ0v) is 15.7. The number of rotatable bonds is 3. The average molecular weight is 431 g/mol. The lowest BCUT2D eigenvalue weighted by molar-refractivity contribution is -0.137. The molecular formula is C20H13F4N5O2. The Morgan fingerprint density at radius 2 is 1.87 bits per heavy atom. The maximum atomic E-state index is 13.8. The van der Waals surface area contributed by atoms with E-state index in [1.165, 1.54) is 40.2 Å². The molecule has 4 rings (SSSR count). The molecule has 1 aromatic carbocycles. The lowest BCUT2D eigenvalue weighted by atomic mass is 10.1. The van der Waals surface area contributed by atoms with Gasteiger partial charge in [0.1, 0.15) is 0 Å². The van der Waals surface area contributed by atoms with Gasteiger partial charge < -0.3 is 10.2 Å². The molecule has 3 heterocycles. The molecule has 0 bridgehead atoms. The summed E-state index contributed by atoms with van der Waals surface area (Å²) in [6.07, 6.45) is -2.07. The van der Waals surface area contributed by atoms with Gasteiger partial charge in [0.25, 0.3) is 11.8 Å². The fraction of sp³-hybridized carbons (Fsp3) is 0.100. The molecule has 158 valence electrons. The van der Waals surface area contributed by atoms with E-state index in [0.717, 1.165) is 18.2 Å². The molecule has 2 aromatic heterocycles. The number of carbonyl (C=O) groups excluding carboxylic acids is 2. The summed E-state index contributed by atoms with van der Waals surface area (Å²) >= 11 is 0. The third-order valence-corrected chi connectivity index (χ3v) is 4.59. The van der Waals surface area contributed by atoms with Gasteiger partial charge >= 0.3 is 6.18 Å². The summed E-state index contributed by atoms with van der Waals surface area (Å²) < 4.78 is 53.5. The van der Waals surface area contributed by atoms with Crippen molar-refractivity contribution in [3.8, 4) is 0 Å². The summed E-state index contributed by atoms with van der Waals surface area (Å²) in [7, 11) is 0. The van der Waals surface area contributed by atoms with Crippen LogP contribution in [0.5, 0.6) is 0 Å². The van der Waals surface area contributed by atoms with Crippen molar-refractivity contribution in [2.24, 2.45) is 0 Å². The summed E-state index contributed by atoms with van der Waals surface area (Å²) in [5.74, 6) is -2.36. The number of carbonyl (C=O) groups is 2. The molecule has 7 nitrogen and oxygen atoms in total. The van der Waals surface area contributed by atoms with E-state index >= 15 is 0 Å². The van der Waals surface area contributed by atoms with Gasteiger partial charge in [-0.25, -0.2) is 14.1 Å². The maximum Gasteiger partial charge on any atom is 0.416 e. The predicted octanol–water partition coefficient (Wildman–Crippen LogP) is 3.82. The van der Waals surface area contributed by atoms with Gasteiger partial charge in [0, 0.05) is 11.9 Å². The summed E-state index contributed by atoms with van der Waals surface area (Å²) in [6, 6.07) is 6.45. The summed E-state index contributed by atoms with van der Waals surface area (Å²) in [5, 5.41) is 6.42. The number of nitrogens with zero attached hydrogens (tertiary/aromatic N) is 4. The van der Waals surface area contributed by atoms with Crippen molar-refractivity contribution in [1.29, 1.82) is 0 Å². The highest BCUT2D eigenvalue weighted by atomic mass is 19.4. The first kappa shape index (κ1) is 20.3. The predicted molar refractivity (Wildman–Crippen MR) is 103 cm³/mol. The Morgan fingerprint density at radius 1 is 1.16 bits per heavy atom. The largest absolute Gasteiger partial charge is 0.416 e. The fourth-order valence-corrected chi connectivity index (χ4v) is 3.11. The van der Waals surface area contributed by atoms with Crippen molar-refractivity contribution in [3.05, 3.63) is 78.1 Å². The Morgan fingerprint density at radius 3 is 2.52 bits per heavy atom. The van der Waals surface area contributed by atoms with Crippen LogP contribution < -0.4 is 10.2 Å². The molecule has 0 fully saturated rings.